The maximum Gasteiger partial charge on any atom is 0.0277 e. The summed E-state index contributed by atoms with van der Waals surface area (Å²) in [6.45, 7) is 10.3. The van der Waals surface area contributed by atoms with Gasteiger partial charge in [-0.1, -0.05) is 24.3 Å². The van der Waals surface area contributed by atoms with E-state index >= 15 is 0 Å². The molecule has 3 nitrogen and oxygen atoms in total. The second-order valence-corrected chi connectivity index (χ2v) is 7.42. The zero-order chi connectivity index (χ0) is 14.9. The van der Waals surface area contributed by atoms with Gasteiger partial charge in [-0.3, -0.25) is 9.80 Å². The third-order valence-corrected chi connectivity index (χ3v) is 4.97. The predicted octanol–water partition coefficient (Wildman–Crippen LogP) is 2.46. The maximum atomic E-state index is 3.60. The van der Waals surface area contributed by atoms with Crippen LogP contribution in [-0.2, 0) is 13.1 Å². The number of nitrogens with one attached hydrogen (secondary N) is 1. The van der Waals surface area contributed by atoms with Gasteiger partial charge in [0.15, 0.2) is 0 Å². The molecule has 1 aliphatic heterocycles. The molecule has 0 atom stereocenters. The number of nitrogens with zero attached hydrogens (tertiary/aromatic N) is 2. The minimum atomic E-state index is 0.281. The molecule has 1 aliphatic carbocycles. The Morgan fingerprint density at radius 2 is 1.95 bits per heavy atom. The Morgan fingerprint density at radius 3 is 2.67 bits per heavy atom. The molecule has 0 bridgehead atoms. The summed E-state index contributed by atoms with van der Waals surface area (Å²) in [5.41, 5.74) is 3.15. The highest BCUT2D eigenvalue weighted by Gasteiger charge is 2.30. The first-order chi connectivity index (χ1) is 10.0. The topological polar surface area (TPSA) is 18.5 Å². The van der Waals surface area contributed by atoms with Crippen LogP contribution in [0.5, 0.6) is 0 Å². The molecule has 116 valence electrons. The van der Waals surface area contributed by atoms with Crippen molar-refractivity contribution in [2.45, 2.75) is 51.4 Å². The van der Waals surface area contributed by atoms with Gasteiger partial charge >= 0.3 is 0 Å². The highest BCUT2D eigenvalue weighted by atomic mass is 15.3. The van der Waals surface area contributed by atoms with Gasteiger partial charge in [0, 0.05) is 44.3 Å². The number of likely N-dealkylation sites (N-methyl/N-ethyl adjacent to an activating group) is 1. The molecule has 3 heteroatoms. The normalized spacial score (nSPS) is 23.4. The van der Waals surface area contributed by atoms with Crippen LogP contribution in [0.4, 0.5) is 0 Å². The van der Waals surface area contributed by atoms with Crippen LogP contribution in [0.2, 0.25) is 0 Å². The number of hydrogen-bond donors (Lipinski definition) is 1. The Labute approximate surface area is 129 Å². The molecule has 0 unspecified atom stereocenters. The van der Waals surface area contributed by atoms with Crippen molar-refractivity contribution < 1.29 is 0 Å². The first kappa shape index (κ1) is 15.0. The summed E-state index contributed by atoms with van der Waals surface area (Å²) >= 11 is 0. The summed E-state index contributed by atoms with van der Waals surface area (Å²) in [4.78, 5) is 5.06. The van der Waals surface area contributed by atoms with E-state index in [1.807, 2.05) is 0 Å². The lowest BCUT2D eigenvalue weighted by Crippen LogP contribution is -2.57. The third kappa shape index (κ3) is 4.06. The Kier molecular flexibility index (Phi) is 4.34. The molecule has 0 radical (unpaired) electrons. The molecule has 0 amide bonds. The number of hydrogen-bond acceptors (Lipinski definition) is 3. The number of benzene rings is 1. The standard InChI is InChI=1S/C18H29N3/c1-18(2)14-21(10-9-20(18)3)13-16-6-4-5-15(11-16)12-19-17-7-8-17/h4-6,11,17,19H,7-10,12-14H2,1-3H3. The van der Waals surface area contributed by atoms with Crippen molar-refractivity contribution in [1.29, 1.82) is 0 Å². The van der Waals surface area contributed by atoms with E-state index in [-0.39, 0.29) is 5.54 Å². The van der Waals surface area contributed by atoms with Crippen molar-refractivity contribution in [2.24, 2.45) is 0 Å². The average Bonchev–Trinajstić information content (AvgIpc) is 3.25. The van der Waals surface area contributed by atoms with Gasteiger partial charge < -0.3 is 5.32 Å². The van der Waals surface area contributed by atoms with E-state index in [9.17, 15) is 0 Å². The van der Waals surface area contributed by atoms with E-state index < -0.39 is 0 Å². The average molecular weight is 287 g/mol. The van der Waals surface area contributed by atoms with Crippen molar-refractivity contribution in [1.82, 2.24) is 15.1 Å². The molecule has 21 heavy (non-hydrogen) atoms. The van der Waals surface area contributed by atoms with Crippen molar-refractivity contribution in [2.75, 3.05) is 26.7 Å². The Hall–Kier alpha value is -0.900. The fourth-order valence-corrected chi connectivity index (χ4v) is 3.12. The van der Waals surface area contributed by atoms with Gasteiger partial charge in [0.25, 0.3) is 0 Å². The van der Waals surface area contributed by atoms with Gasteiger partial charge in [-0.25, -0.2) is 0 Å². The van der Waals surface area contributed by atoms with Crippen molar-refractivity contribution >= 4 is 0 Å². The third-order valence-electron chi connectivity index (χ3n) is 4.97. The molecule has 1 heterocycles. The molecule has 3 rings (SSSR count). The quantitative estimate of drug-likeness (QED) is 0.897. The van der Waals surface area contributed by atoms with Crippen LogP contribution in [0, 0.1) is 0 Å². The van der Waals surface area contributed by atoms with Crippen molar-refractivity contribution in [3.8, 4) is 0 Å². The Balaban J connectivity index is 1.57. The summed E-state index contributed by atoms with van der Waals surface area (Å²) < 4.78 is 0. The smallest absolute Gasteiger partial charge is 0.0277 e. The van der Waals surface area contributed by atoms with Gasteiger partial charge in [-0.15, -0.1) is 0 Å². The molecule has 1 saturated heterocycles. The first-order valence-corrected chi connectivity index (χ1v) is 8.28. The lowest BCUT2D eigenvalue weighted by atomic mass is 9.99. The minimum Gasteiger partial charge on any atom is -0.310 e. The Bertz CT molecular complexity index is 479. The molecular weight excluding hydrogens is 258 g/mol. The minimum absolute atomic E-state index is 0.281. The van der Waals surface area contributed by atoms with Crippen molar-refractivity contribution in [3.63, 3.8) is 0 Å². The fraction of sp³-hybridized carbons (Fsp3) is 0.667. The summed E-state index contributed by atoms with van der Waals surface area (Å²) in [5.74, 6) is 0. The van der Waals surface area contributed by atoms with E-state index in [1.54, 1.807) is 0 Å². The highest BCUT2D eigenvalue weighted by Crippen LogP contribution is 2.21. The van der Waals surface area contributed by atoms with Gasteiger partial charge in [0.05, 0.1) is 0 Å². The van der Waals surface area contributed by atoms with Gasteiger partial charge in [-0.2, -0.15) is 0 Å². The van der Waals surface area contributed by atoms with Gasteiger partial charge in [-0.05, 0) is 44.9 Å². The predicted molar refractivity (Wildman–Crippen MR) is 88.3 cm³/mol. The highest BCUT2D eigenvalue weighted by molar-refractivity contribution is 5.23. The van der Waals surface area contributed by atoms with Crippen molar-refractivity contribution in [3.05, 3.63) is 35.4 Å². The molecule has 0 spiro atoms. The number of rotatable bonds is 5. The van der Waals surface area contributed by atoms with Gasteiger partial charge in [0.1, 0.15) is 0 Å². The van der Waals surface area contributed by atoms with Gasteiger partial charge in [0.2, 0.25) is 0 Å². The summed E-state index contributed by atoms with van der Waals surface area (Å²) in [6.07, 6.45) is 2.71. The molecule has 1 saturated carbocycles. The second kappa shape index (κ2) is 6.07. The van der Waals surface area contributed by atoms with Crippen LogP contribution >= 0.6 is 0 Å². The summed E-state index contributed by atoms with van der Waals surface area (Å²) in [5, 5.41) is 3.60. The summed E-state index contributed by atoms with van der Waals surface area (Å²) in [7, 11) is 2.24. The fourth-order valence-electron chi connectivity index (χ4n) is 3.12. The van der Waals surface area contributed by atoms with Crippen LogP contribution in [-0.4, -0.2) is 48.1 Å². The van der Waals surface area contributed by atoms with Crippen LogP contribution in [0.15, 0.2) is 24.3 Å². The largest absolute Gasteiger partial charge is 0.310 e. The zero-order valence-corrected chi connectivity index (χ0v) is 13.7. The van der Waals surface area contributed by atoms with Crippen LogP contribution in [0.25, 0.3) is 0 Å². The molecule has 1 aromatic carbocycles. The molecule has 0 aromatic heterocycles. The molecule has 1 aromatic rings. The van der Waals surface area contributed by atoms with E-state index in [0.29, 0.717) is 0 Å². The van der Waals surface area contributed by atoms with E-state index in [4.69, 9.17) is 0 Å². The summed E-state index contributed by atoms with van der Waals surface area (Å²) in [6, 6.07) is 9.88. The zero-order valence-electron chi connectivity index (χ0n) is 13.7. The SMILES string of the molecule is CN1CCN(Cc2cccc(CNC3CC3)c2)CC1(C)C. The van der Waals surface area contributed by atoms with E-state index in [2.05, 4.69) is 60.3 Å². The lowest BCUT2D eigenvalue weighted by molar-refractivity contribution is 0.0360. The Morgan fingerprint density at radius 1 is 1.19 bits per heavy atom. The maximum absolute atomic E-state index is 3.60. The molecular formula is C18H29N3. The van der Waals surface area contributed by atoms with Crippen LogP contribution in [0.3, 0.4) is 0 Å². The van der Waals surface area contributed by atoms with E-state index in [1.165, 1.54) is 30.5 Å². The monoisotopic (exact) mass is 287 g/mol. The molecule has 1 N–H and O–H groups in total. The van der Waals surface area contributed by atoms with Crippen LogP contribution in [0.1, 0.15) is 37.8 Å². The second-order valence-electron chi connectivity index (χ2n) is 7.42. The molecule has 2 aliphatic rings. The van der Waals surface area contributed by atoms with Crippen LogP contribution < -0.4 is 5.32 Å². The first-order valence-electron chi connectivity index (χ1n) is 8.28. The van der Waals surface area contributed by atoms with E-state index in [0.717, 1.165) is 32.2 Å². The number of piperazine rings is 1. The molecule has 2 fully saturated rings. The lowest BCUT2D eigenvalue weighted by Gasteiger charge is -2.45.